The first-order valence-corrected chi connectivity index (χ1v) is 11.3. The zero-order valence-corrected chi connectivity index (χ0v) is 18.8. The van der Waals surface area contributed by atoms with Gasteiger partial charge >= 0.3 is 0 Å². The van der Waals surface area contributed by atoms with Gasteiger partial charge in [0.2, 0.25) is 0 Å². The number of hydrogen-bond donors (Lipinski definition) is 4. The Hall–Kier alpha value is -2.16. The van der Waals surface area contributed by atoms with Crippen LogP contribution in [0.15, 0.2) is 36.4 Å². The number of nitrogens with zero attached hydrogens (tertiary/aromatic N) is 2. The zero-order chi connectivity index (χ0) is 21.4. The fraction of sp³-hybridized carbons (Fsp3) is 0.318. The van der Waals surface area contributed by atoms with E-state index in [9.17, 15) is 5.11 Å². The highest BCUT2D eigenvalue weighted by Gasteiger charge is 2.34. The summed E-state index contributed by atoms with van der Waals surface area (Å²) in [6, 6.07) is 12.1. The Kier molecular flexibility index (Phi) is 5.99. The van der Waals surface area contributed by atoms with Crippen LogP contribution in [0.3, 0.4) is 0 Å². The summed E-state index contributed by atoms with van der Waals surface area (Å²) in [5, 5.41) is 13.2. The number of anilines is 1. The number of rotatable bonds is 3. The summed E-state index contributed by atoms with van der Waals surface area (Å²) in [7, 11) is 0. The van der Waals surface area contributed by atoms with Crippen molar-refractivity contribution < 1.29 is 5.11 Å². The number of hydrazine groups is 1. The van der Waals surface area contributed by atoms with Crippen LogP contribution in [0.4, 0.5) is 5.13 Å². The van der Waals surface area contributed by atoms with Crippen LogP contribution in [-0.4, -0.2) is 27.8 Å². The summed E-state index contributed by atoms with van der Waals surface area (Å²) in [5.74, 6) is 5.38. The normalized spacial score (nSPS) is 17.0. The van der Waals surface area contributed by atoms with Gasteiger partial charge in [-0.3, -0.25) is 5.84 Å². The minimum Gasteiger partial charge on any atom is -0.377 e. The second kappa shape index (κ2) is 8.53. The molecule has 8 heteroatoms. The number of aryl methyl sites for hydroxylation is 1. The highest BCUT2D eigenvalue weighted by Crippen LogP contribution is 2.40. The van der Waals surface area contributed by atoms with E-state index in [1.54, 1.807) is 11.3 Å². The van der Waals surface area contributed by atoms with Crippen molar-refractivity contribution in [3.05, 3.63) is 58.2 Å². The Morgan fingerprint density at radius 3 is 2.87 bits per heavy atom. The number of aromatic nitrogens is 2. The number of H-pyrrole nitrogens is 1. The SMILES string of the molecule is CC.Cc1ccc2nc(N3Cc4[nH]c5ccc(Cl)cc5c4C(C(O)NN)C3)sc2c1. The average Bonchev–Trinajstić information content (AvgIpc) is 3.34. The van der Waals surface area contributed by atoms with Crippen LogP contribution in [0.1, 0.15) is 36.6 Å². The number of nitrogens with two attached hydrogens (primary N) is 1. The first kappa shape index (κ1) is 21.1. The number of hydrogen-bond acceptors (Lipinski definition) is 6. The van der Waals surface area contributed by atoms with Gasteiger partial charge in [0, 0.05) is 34.1 Å². The van der Waals surface area contributed by atoms with Crippen LogP contribution in [-0.2, 0) is 6.54 Å². The van der Waals surface area contributed by atoms with E-state index >= 15 is 0 Å². The third-order valence-electron chi connectivity index (χ3n) is 5.37. The van der Waals surface area contributed by atoms with Crippen molar-refractivity contribution in [3.63, 3.8) is 0 Å². The van der Waals surface area contributed by atoms with Crippen LogP contribution >= 0.6 is 22.9 Å². The lowest BCUT2D eigenvalue weighted by Gasteiger charge is -2.35. The molecule has 1 aliphatic rings. The lowest BCUT2D eigenvalue weighted by atomic mass is 9.90. The van der Waals surface area contributed by atoms with Crippen LogP contribution in [0.25, 0.3) is 21.1 Å². The molecular weight excluding hydrogens is 418 g/mol. The summed E-state index contributed by atoms with van der Waals surface area (Å²) in [6.07, 6.45) is -0.879. The molecule has 5 rings (SSSR count). The topological polar surface area (TPSA) is 90.2 Å². The number of halogens is 1. The van der Waals surface area contributed by atoms with Crippen molar-refractivity contribution in [1.82, 2.24) is 15.4 Å². The number of aromatic amines is 1. The second-order valence-electron chi connectivity index (χ2n) is 7.27. The Labute approximate surface area is 184 Å². The maximum atomic E-state index is 10.6. The van der Waals surface area contributed by atoms with Gasteiger partial charge in [-0.15, -0.1) is 0 Å². The van der Waals surface area contributed by atoms with Crippen molar-refractivity contribution >= 4 is 49.2 Å². The van der Waals surface area contributed by atoms with Gasteiger partial charge in [-0.05, 0) is 48.4 Å². The number of aliphatic hydroxyl groups excluding tert-OH is 1. The Morgan fingerprint density at radius 1 is 1.30 bits per heavy atom. The summed E-state index contributed by atoms with van der Waals surface area (Å²) >= 11 is 7.90. The van der Waals surface area contributed by atoms with Crippen LogP contribution in [0, 0.1) is 6.92 Å². The fourth-order valence-corrected chi connectivity index (χ4v) is 5.29. The molecule has 1 aliphatic heterocycles. The number of benzene rings is 2. The number of fused-ring (bicyclic) bond motifs is 4. The van der Waals surface area contributed by atoms with E-state index in [1.807, 2.05) is 32.0 Å². The average molecular weight is 444 g/mol. The van der Waals surface area contributed by atoms with Crippen molar-refractivity contribution in [3.8, 4) is 0 Å². The lowest BCUT2D eigenvalue weighted by Crippen LogP contribution is -2.46. The van der Waals surface area contributed by atoms with Gasteiger partial charge in [0.25, 0.3) is 0 Å². The molecule has 2 aromatic carbocycles. The number of thiazole rings is 1. The second-order valence-corrected chi connectivity index (χ2v) is 8.72. The smallest absolute Gasteiger partial charge is 0.186 e. The first-order chi connectivity index (χ1) is 14.5. The predicted octanol–water partition coefficient (Wildman–Crippen LogP) is 4.65. The Morgan fingerprint density at radius 2 is 2.10 bits per heavy atom. The molecule has 0 fully saturated rings. The van der Waals surface area contributed by atoms with Crippen LogP contribution < -0.4 is 16.2 Å². The maximum absolute atomic E-state index is 10.6. The van der Waals surface area contributed by atoms with Crippen molar-refractivity contribution in [2.45, 2.75) is 39.5 Å². The molecule has 2 unspecified atom stereocenters. The van der Waals surface area contributed by atoms with Crippen molar-refractivity contribution in [1.29, 1.82) is 0 Å². The third kappa shape index (κ3) is 3.68. The molecule has 2 aromatic heterocycles. The molecule has 4 aromatic rings. The molecule has 0 bridgehead atoms. The molecule has 6 nitrogen and oxygen atoms in total. The van der Waals surface area contributed by atoms with E-state index < -0.39 is 6.23 Å². The van der Waals surface area contributed by atoms with Gasteiger partial charge in [-0.2, -0.15) is 0 Å². The van der Waals surface area contributed by atoms with Gasteiger partial charge in [0.05, 0.1) is 16.8 Å². The van der Waals surface area contributed by atoms with Crippen LogP contribution in [0.5, 0.6) is 0 Å². The van der Waals surface area contributed by atoms with Gasteiger partial charge in [0.1, 0.15) is 6.23 Å². The molecule has 0 saturated carbocycles. The summed E-state index contributed by atoms with van der Waals surface area (Å²) in [5.41, 5.74) is 7.85. The van der Waals surface area contributed by atoms with Crippen molar-refractivity contribution in [2.75, 3.05) is 11.4 Å². The standard InChI is InChI=1S/C20H20ClN5OS.C2H6/c1-10-2-4-15-17(6-10)28-20(24-15)26-8-13(19(27)25-22)18-12-7-11(21)3-5-14(12)23-16(18)9-26;1-2/h2-7,13,19,23,25,27H,8-9,22H2,1H3;1-2H3. The molecular formula is C22H26ClN5OS. The highest BCUT2D eigenvalue weighted by atomic mass is 35.5. The minimum atomic E-state index is -0.879. The van der Waals surface area contributed by atoms with Gasteiger partial charge < -0.3 is 15.0 Å². The monoisotopic (exact) mass is 443 g/mol. The van der Waals surface area contributed by atoms with E-state index in [4.69, 9.17) is 22.4 Å². The summed E-state index contributed by atoms with van der Waals surface area (Å²) in [4.78, 5) is 10.5. The number of nitrogens with one attached hydrogen (secondary N) is 2. The molecule has 0 spiro atoms. The Balaban J connectivity index is 0.00000106. The first-order valence-electron chi connectivity index (χ1n) is 10.1. The molecule has 158 valence electrons. The molecule has 30 heavy (non-hydrogen) atoms. The largest absolute Gasteiger partial charge is 0.377 e. The number of aliphatic hydroxyl groups is 1. The zero-order valence-electron chi connectivity index (χ0n) is 17.2. The fourth-order valence-electron chi connectivity index (χ4n) is 4.05. The van der Waals surface area contributed by atoms with Gasteiger partial charge in [-0.25, -0.2) is 10.4 Å². The molecule has 2 atom stereocenters. The summed E-state index contributed by atoms with van der Waals surface area (Å²) < 4.78 is 1.17. The van der Waals surface area contributed by atoms with E-state index in [1.165, 1.54) is 10.3 Å². The molecule has 0 aliphatic carbocycles. The van der Waals surface area contributed by atoms with E-state index in [0.29, 0.717) is 18.1 Å². The van der Waals surface area contributed by atoms with Crippen molar-refractivity contribution in [2.24, 2.45) is 5.84 Å². The van der Waals surface area contributed by atoms with E-state index in [-0.39, 0.29) is 5.92 Å². The van der Waals surface area contributed by atoms with Gasteiger partial charge in [-0.1, -0.05) is 42.9 Å². The lowest BCUT2D eigenvalue weighted by molar-refractivity contribution is 0.107. The minimum absolute atomic E-state index is 0.213. The van der Waals surface area contributed by atoms with Gasteiger partial charge in [0.15, 0.2) is 5.13 Å². The van der Waals surface area contributed by atoms with Crippen LogP contribution in [0.2, 0.25) is 5.02 Å². The van der Waals surface area contributed by atoms with E-state index in [2.05, 4.69) is 40.4 Å². The molecule has 0 radical (unpaired) electrons. The third-order valence-corrected chi connectivity index (χ3v) is 6.69. The molecule has 0 amide bonds. The molecule has 5 N–H and O–H groups in total. The maximum Gasteiger partial charge on any atom is 0.186 e. The quantitative estimate of drug-likeness (QED) is 0.210. The molecule has 0 saturated heterocycles. The Bertz CT molecular complexity index is 1190. The predicted molar refractivity (Wildman–Crippen MR) is 126 cm³/mol. The molecule has 3 heterocycles. The summed E-state index contributed by atoms with van der Waals surface area (Å²) in [6.45, 7) is 7.38. The van der Waals surface area contributed by atoms with E-state index in [0.717, 1.165) is 32.8 Å². The highest BCUT2D eigenvalue weighted by molar-refractivity contribution is 7.22.